The fourth-order valence-electron chi connectivity index (χ4n) is 2.29. The van der Waals surface area contributed by atoms with E-state index in [0.717, 1.165) is 5.56 Å². The van der Waals surface area contributed by atoms with Crippen LogP contribution >= 0.6 is 0 Å². The number of methoxy groups -OCH3 is 1. The minimum Gasteiger partial charge on any atom is -0.359 e. The van der Waals surface area contributed by atoms with E-state index in [1.807, 2.05) is 24.3 Å². The topological polar surface area (TPSA) is 44.5 Å². The predicted molar refractivity (Wildman–Crippen MR) is 80.4 cm³/mol. The highest BCUT2D eigenvalue weighted by Crippen LogP contribution is 2.24. The number of hydrogen-bond donors (Lipinski definition) is 1. The molecule has 1 atom stereocenters. The molecule has 3 nitrogen and oxygen atoms in total. The zero-order chi connectivity index (χ0) is 14.2. The highest BCUT2D eigenvalue weighted by atomic mass is 16.7. The summed E-state index contributed by atoms with van der Waals surface area (Å²) in [4.78, 5) is 0. The van der Waals surface area contributed by atoms with Crippen LogP contribution in [-0.2, 0) is 16.1 Å². The van der Waals surface area contributed by atoms with E-state index in [4.69, 9.17) is 15.2 Å². The lowest BCUT2D eigenvalue weighted by Crippen LogP contribution is -2.14. The highest BCUT2D eigenvalue weighted by molar-refractivity contribution is 5.35. The van der Waals surface area contributed by atoms with Gasteiger partial charge in [-0.15, -0.1) is 0 Å². The molecular weight excluding hydrogens is 250 g/mol. The largest absolute Gasteiger partial charge is 0.359 e. The summed E-state index contributed by atoms with van der Waals surface area (Å²) < 4.78 is 10.3. The quantitative estimate of drug-likeness (QED) is 0.622. The second kappa shape index (κ2) is 7.80. The first-order chi connectivity index (χ1) is 9.85. The Morgan fingerprint density at radius 1 is 1.00 bits per heavy atom. The van der Waals surface area contributed by atoms with Crippen LogP contribution in [0.4, 0.5) is 0 Å². The van der Waals surface area contributed by atoms with E-state index in [2.05, 4.69) is 30.3 Å². The van der Waals surface area contributed by atoms with Crippen molar-refractivity contribution in [1.82, 2.24) is 0 Å². The molecule has 106 valence electrons. The highest BCUT2D eigenvalue weighted by Gasteiger charge is 2.12. The van der Waals surface area contributed by atoms with Gasteiger partial charge in [0.25, 0.3) is 0 Å². The lowest BCUT2D eigenvalue weighted by Gasteiger charge is -2.17. The summed E-state index contributed by atoms with van der Waals surface area (Å²) in [6.07, 6.45) is 0. The molecule has 0 aliphatic rings. The maximum atomic E-state index is 5.96. The monoisotopic (exact) mass is 271 g/mol. The molecule has 0 amide bonds. The van der Waals surface area contributed by atoms with Crippen molar-refractivity contribution in [1.29, 1.82) is 0 Å². The van der Waals surface area contributed by atoms with Gasteiger partial charge in [-0.25, -0.2) is 0 Å². The van der Waals surface area contributed by atoms with E-state index in [-0.39, 0.29) is 5.92 Å². The van der Waals surface area contributed by atoms with Gasteiger partial charge in [0.15, 0.2) is 0 Å². The summed E-state index contributed by atoms with van der Waals surface area (Å²) in [6.45, 7) is 1.45. The molecule has 3 heteroatoms. The maximum Gasteiger partial charge on any atom is 0.146 e. The van der Waals surface area contributed by atoms with Gasteiger partial charge in [0.05, 0.1) is 6.61 Å². The van der Waals surface area contributed by atoms with Crippen LogP contribution in [0.2, 0.25) is 0 Å². The van der Waals surface area contributed by atoms with Crippen molar-refractivity contribution in [2.45, 2.75) is 12.5 Å². The summed E-state index contributed by atoms with van der Waals surface area (Å²) in [5, 5.41) is 0. The first-order valence-electron chi connectivity index (χ1n) is 6.75. The van der Waals surface area contributed by atoms with E-state index in [9.17, 15) is 0 Å². The number of rotatable bonds is 7. The van der Waals surface area contributed by atoms with Crippen molar-refractivity contribution in [2.24, 2.45) is 5.73 Å². The molecular formula is C17H21NO2. The average Bonchev–Trinajstić information content (AvgIpc) is 2.50. The number of ether oxygens (including phenoxy) is 2. The van der Waals surface area contributed by atoms with Crippen molar-refractivity contribution in [3.05, 3.63) is 71.3 Å². The first-order valence-corrected chi connectivity index (χ1v) is 6.75. The average molecular weight is 271 g/mol. The number of benzene rings is 2. The Balaban J connectivity index is 2.16. The summed E-state index contributed by atoms with van der Waals surface area (Å²) in [5.74, 6) is 0.221. The minimum atomic E-state index is 0.221. The van der Waals surface area contributed by atoms with Crippen LogP contribution in [0.15, 0.2) is 54.6 Å². The van der Waals surface area contributed by atoms with Crippen LogP contribution in [0.5, 0.6) is 0 Å². The normalized spacial score (nSPS) is 12.3. The molecule has 0 heterocycles. The SMILES string of the molecule is COCOCc1cccc(C(CN)c2ccccc2)c1. The fourth-order valence-corrected chi connectivity index (χ4v) is 2.29. The van der Waals surface area contributed by atoms with Crippen LogP contribution in [0.25, 0.3) is 0 Å². The van der Waals surface area contributed by atoms with Crippen molar-refractivity contribution < 1.29 is 9.47 Å². The van der Waals surface area contributed by atoms with Gasteiger partial charge in [0.1, 0.15) is 6.79 Å². The molecule has 0 fully saturated rings. The molecule has 2 N–H and O–H groups in total. The summed E-state index contributed by atoms with van der Waals surface area (Å²) >= 11 is 0. The van der Waals surface area contributed by atoms with Crippen molar-refractivity contribution in [3.63, 3.8) is 0 Å². The van der Waals surface area contributed by atoms with Gasteiger partial charge in [0.2, 0.25) is 0 Å². The third-order valence-corrected chi connectivity index (χ3v) is 3.26. The van der Waals surface area contributed by atoms with Crippen LogP contribution in [0.3, 0.4) is 0 Å². The van der Waals surface area contributed by atoms with Gasteiger partial charge in [-0.3, -0.25) is 0 Å². The number of nitrogens with two attached hydrogens (primary N) is 1. The lowest BCUT2D eigenvalue weighted by molar-refractivity contribution is -0.0390. The van der Waals surface area contributed by atoms with Crippen molar-refractivity contribution >= 4 is 0 Å². The zero-order valence-corrected chi connectivity index (χ0v) is 11.8. The van der Waals surface area contributed by atoms with Crippen LogP contribution in [0, 0.1) is 0 Å². The van der Waals surface area contributed by atoms with E-state index in [1.54, 1.807) is 7.11 Å². The Kier molecular flexibility index (Phi) is 5.74. The van der Waals surface area contributed by atoms with Crippen LogP contribution < -0.4 is 5.73 Å². The molecule has 2 aromatic carbocycles. The van der Waals surface area contributed by atoms with Crippen LogP contribution in [0.1, 0.15) is 22.6 Å². The molecule has 0 aliphatic heterocycles. The molecule has 2 rings (SSSR count). The minimum absolute atomic E-state index is 0.221. The smallest absolute Gasteiger partial charge is 0.146 e. The van der Waals surface area contributed by atoms with E-state index >= 15 is 0 Å². The van der Waals surface area contributed by atoms with E-state index in [1.165, 1.54) is 11.1 Å². The molecule has 0 radical (unpaired) electrons. The Labute approximate surface area is 120 Å². The Morgan fingerprint density at radius 2 is 1.75 bits per heavy atom. The molecule has 2 aromatic rings. The second-order valence-electron chi connectivity index (χ2n) is 4.70. The summed E-state index contributed by atoms with van der Waals surface area (Å²) in [7, 11) is 1.62. The van der Waals surface area contributed by atoms with Gasteiger partial charge in [-0.05, 0) is 16.7 Å². The van der Waals surface area contributed by atoms with E-state index in [0.29, 0.717) is 19.9 Å². The first kappa shape index (κ1) is 14.7. The van der Waals surface area contributed by atoms with Crippen LogP contribution in [-0.4, -0.2) is 20.4 Å². The molecule has 0 saturated heterocycles. The molecule has 0 aromatic heterocycles. The Hall–Kier alpha value is -1.68. The standard InChI is InChI=1S/C17H21NO2/c1-19-13-20-12-14-6-5-9-16(10-14)17(11-18)15-7-3-2-4-8-15/h2-10,17H,11-13,18H2,1H3. The van der Waals surface area contributed by atoms with Gasteiger partial charge in [-0.2, -0.15) is 0 Å². The third-order valence-electron chi connectivity index (χ3n) is 3.26. The maximum absolute atomic E-state index is 5.96. The Bertz CT molecular complexity index is 513. The number of hydrogen-bond acceptors (Lipinski definition) is 3. The predicted octanol–water partition coefficient (Wildman–Crippen LogP) is 2.90. The summed E-state index contributed by atoms with van der Waals surface area (Å²) in [5.41, 5.74) is 9.55. The second-order valence-corrected chi connectivity index (χ2v) is 4.70. The van der Waals surface area contributed by atoms with Crippen molar-refractivity contribution in [2.75, 3.05) is 20.4 Å². The Morgan fingerprint density at radius 3 is 2.45 bits per heavy atom. The third kappa shape index (κ3) is 3.90. The molecule has 20 heavy (non-hydrogen) atoms. The molecule has 0 aliphatic carbocycles. The van der Waals surface area contributed by atoms with Gasteiger partial charge in [-0.1, -0.05) is 54.6 Å². The zero-order valence-electron chi connectivity index (χ0n) is 11.8. The van der Waals surface area contributed by atoms with Crippen molar-refractivity contribution in [3.8, 4) is 0 Å². The fraction of sp³-hybridized carbons (Fsp3) is 0.294. The molecule has 0 saturated carbocycles. The molecule has 1 unspecified atom stereocenters. The van der Waals surface area contributed by atoms with Gasteiger partial charge in [0, 0.05) is 19.6 Å². The van der Waals surface area contributed by atoms with E-state index < -0.39 is 0 Å². The molecule has 0 spiro atoms. The summed E-state index contributed by atoms with van der Waals surface area (Å²) in [6, 6.07) is 18.7. The van der Waals surface area contributed by atoms with Gasteiger partial charge >= 0.3 is 0 Å². The lowest BCUT2D eigenvalue weighted by atomic mass is 9.90. The van der Waals surface area contributed by atoms with Gasteiger partial charge < -0.3 is 15.2 Å². The molecule has 0 bridgehead atoms.